The van der Waals surface area contributed by atoms with Crippen LogP contribution in [0.2, 0.25) is 0 Å². The third-order valence-corrected chi connectivity index (χ3v) is 3.47. The third-order valence-electron chi connectivity index (χ3n) is 3.47. The lowest BCUT2D eigenvalue weighted by Crippen LogP contribution is -2.55. The smallest absolute Gasteiger partial charge is 0.317 e. The molecule has 1 fully saturated rings. The maximum Gasteiger partial charge on any atom is 0.317 e. The summed E-state index contributed by atoms with van der Waals surface area (Å²) >= 11 is 0. The number of urea groups is 2. The first-order valence-electron chi connectivity index (χ1n) is 7.74. The molecular formula is C14H28N4O2. The van der Waals surface area contributed by atoms with Crippen molar-refractivity contribution in [3.05, 3.63) is 0 Å². The number of carbonyl (C=O) groups excluding carboxylic acids is 2. The monoisotopic (exact) mass is 284 g/mol. The molecule has 20 heavy (non-hydrogen) atoms. The van der Waals surface area contributed by atoms with Crippen LogP contribution in [0, 0.1) is 0 Å². The first-order chi connectivity index (χ1) is 9.69. The van der Waals surface area contributed by atoms with Crippen LogP contribution in [0.25, 0.3) is 0 Å². The fraction of sp³-hybridized carbons (Fsp3) is 0.857. The second kappa shape index (κ2) is 9.44. The SMILES string of the molecule is CCCCNC(=O)N1CCN(C(=O)NCCCC)CC1. The lowest BCUT2D eigenvalue weighted by Gasteiger charge is -2.34. The van der Waals surface area contributed by atoms with Gasteiger partial charge in [-0.15, -0.1) is 0 Å². The van der Waals surface area contributed by atoms with Crippen LogP contribution in [0.15, 0.2) is 0 Å². The van der Waals surface area contributed by atoms with Gasteiger partial charge in [0.25, 0.3) is 0 Å². The van der Waals surface area contributed by atoms with Crippen molar-refractivity contribution >= 4 is 12.1 Å². The zero-order valence-electron chi connectivity index (χ0n) is 12.8. The van der Waals surface area contributed by atoms with E-state index in [-0.39, 0.29) is 12.1 Å². The summed E-state index contributed by atoms with van der Waals surface area (Å²) < 4.78 is 0. The number of nitrogens with one attached hydrogen (secondary N) is 2. The van der Waals surface area contributed by atoms with Crippen LogP contribution in [-0.2, 0) is 0 Å². The van der Waals surface area contributed by atoms with Gasteiger partial charge in [0, 0.05) is 39.3 Å². The topological polar surface area (TPSA) is 64.7 Å². The minimum Gasteiger partial charge on any atom is -0.338 e. The van der Waals surface area contributed by atoms with E-state index >= 15 is 0 Å². The number of piperazine rings is 1. The van der Waals surface area contributed by atoms with Crippen molar-refractivity contribution in [1.82, 2.24) is 20.4 Å². The summed E-state index contributed by atoms with van der Waals surface area (Å²) in [7, 11) is 0. The van der Waals surface area contributed by atoms with Crippen LogP contribution >= 0.6 is 0 Å². The van der Waals surface area contributed by atoms with Gasteiger partial charge < -0.3 is 20.4 Å². The third kappa shape index (κ3) is 5.67. The second-order valence-corrected chi connectivity index (χ2v) is 5.15. The van der Waals surface area contributed by atoms with Crippen molar-refractivity contribution in [2.75, 3.05) is 39.3 Å². The van der Waals surface area contributed by atoms with E-state index in [2.05, 4.69) is 24.5 Å². The summed E-state index contributed by atoms with van der Waals surface area (Å²) in [6.07, 6.45) is 4.16. The molecule has 0 aromatic heterocycles. The fourth-order valence-corrected chi connectivity index (χ4v) is 2.08. The minimum atomic E-state index is -0.00973. The number of amides is 4. The normalized spacial score (nSPS) is 15.1. The van der Waals surface area contributed by atoms with Crippen molar-refractivity contribution in [2.45, 2.75) is 39.5 Å². The summed E-state index contributed by atoms with van der Waals surface area (Å²) in [5, 5.41) is 5.81. The van der Waals surface area contributed by atoms with E-state index in [1.54, 1.807) is 9.80 Å². The first kappa shape index (κ1) is 16.6. The molecule has 2 N–H and O–H groups in total. The number of rotatable bonds is 6. The maximum atomic E-state index is 11.9. The van der Waals surface area contributed by atoms with Crippen LogP contribution in [0.1, 0.15) is 39.5 Å². The molecule has 0 aliphatic carbocycles. The van der Waals surface area contributed by atoms with Crippen molar-refractivity contribution in [3.63, 3.8) is 0 Å². The molecule has 6 heteroatoms. The summed E-state index contributed by atoms with van der Waals surface area (Å²) in [6.45, 7) is 8.10. The van der Waals surface area contributed by atoms with E-state index in [1.807, 2.05) is 0 Å². The van der Waals surface area contributed by atoms with Gasteiger partial charge in [-0.2, -0.15) is 0 Å². The van der Waals surface area contributed by atoms with Crippen LogP contribution in [0.4, 0.5) is 9.59 Å². The standard InChI is InChI=1S/C14H28N4O2/c1-3-5-7-15-13(19)17-9-11-18(12-10-17)14(20)16-8-6-4-2/h3-12H2,1-2H3,(H,15,19)(H,16,20). The van der Waals surface area contributed by atoms with E-state index in [0.717, 1.165) is 38.8 Å². The van der Waals surface area contributed by atoms with E-state index < -0.39 is 0 Å². The molecular weight excluding hydrogens is 256 g/mol. The average Bonchev–Trinajstić information content (AvgIpc) is 2.47. The number of hydrogen-bond donors (Lipinski definition) is 2. The highest BCUT2D eigenvalue weighted by Gasteiger charge is 2.23. The van der Waals surface area contributed by atoms with Gasteiger partial charge >= 0.3 is 12.1 Å². The fourth-order valence-electron chi connectivity index (χ4n) is 2.08. The van der Waals surface area contributed by atoms with E-state index in [0.29, 0.717) is 26.2 Å². The van der Waals surface area contributed by atoms with Gasteiger partial charge in [0.1, 0.15) is 0 Å². The number of nitrogens with zero attached hydrogens (tertiary/aromatic N) is 2. The summed E-state index contributed by atoms with van der Waals surface area (Å²) in [5.41, 5.74) is 0. The van der Waals surface area contributed by atoms with Crippen molar-refractivity contribution in [3.8, 4) is 0 Å². The van der Waals surface area contributed by atoms with Crippen LogP contribution in [0.5, 0.6) is 0 Å². The largest absolute Gasteiger partial charge is 0.338 e. The zero-order chi connectivity index (χ0) is 14.8. The molecule has 1 rings (SSSR count). The van der Waals surface area contributed by atoms with Gasteiger partial charge in [-0.25, -0.2) is 9.59 Å². The lowest BCUT2D eigenvalue weighted by atomic mass is 10.3. The summed E-state index contributed by atoms with van der Waals surface area (Å²) in [6, 6.07) is -0.0195. The van der Waals surface area contributed by atoms with Crippen LogP contribution < -0.4 is 10.6 Å². The average molecular weight is 284 g/mol. The predicted molar refractivity (Wildman–Crippen MR) is 79.8 cm³/mol. The van der Waals surface area contributed by atoms with Crippen molar-refractivity contribution < 1.29 is 9.59 Å². The zero-order valence-corrected chi connectivity index (χ0v) is 12.8. The Morgan fingerprint density at radius 3 is 1.45 bits per heavy atom. The minimum absolute atomic E-state index is 0.00973. The molecule has 4 amide bonds. The molecule has 0 aromatic rings. The second-order valence-electron chi connectivity index (χ2n) is 5.15. The van der Waals surface area contributed by atoms with Crippen molar-refractivity contribution in [2.24, 2.45) is 0 Å². The molecule has 116 valence electrons. The quantitative estimate of drug-likeness (QED) is 0.728. The lowest BCUT2D eigenvalue weighted by molar-refractivity contribution is 0.142. The van der Waals surface area contributed by atoms with Crippen LogP contribution in [0.3, 0.4) is 0 Å². The van der Waals surface area contributed by atoms with Crippen LogP contribution in [-0.4, -0.2) is 61.1 Å². The van der Waals surface area contributed by atoms with Gasteiger partial charge in [-0.1, -0.05) is 26.7 Å². The highest BCUT2D eigenvalue weighted by Crippen LogP contribution is 2.02. The molecule has 0 atom stereocenters. The molecule has 6 nitrogen and oxygen atoms in total. The maximum absolute atomic E-state index is 11.9. The highest BCUT2D eigenvalue weighted by molar-refractivity contribution is 5.76. The van der Waals surface area contributed by atoms with Gasteiger partial charge in [-0.05, 0) is 12.8 Å². The number of carbonyl (C=O) groups is 2. The summed E-state index contributed by atoms with van der Waals surface area (Å²) in [4.78, 5) is 27.3. The highest BCUT2D eigenvalue weighted by atomic mass is 16.2. The van der Waals surface area contributed by atoms with Gasteiger partial charge in [0.2, 0.25) is 0 Å². The molecule has 1 saturated heterocycles. The Kier molecular flexibility index (Phi) is 7.84. The van der Waals surface area contributed by atoms with Gasteiger partial charge in [0.15, 0.2) is 0 Å². The molecule has 0 unspecified atom stereocenters. The Hall–Kier alpha value is -1.46. The van der Waals surface area contributed by atoms with Gasteiger partial charge in [0.05, 0.1) is 0 Å². The molecule has 1 heterocycles. The molecule has 0 spiro atoms. The van der Waals surface area contributed by atoms with E-state index in [4.69, 9.17) is 0 Å². The van der Waals surface area contributed by atoms with E-state index in [1.165, 1.54) is 0 Å². The molecule has 1 aliphatic heterocycles. The summed E-state index contributed by atoms with van der Waals surface area (Å²) in [5.74, 6) is 0. The molecule has 0 aromatic carbocycles. The molecule has 0 bridgehead atoms. The first-order valence-corrected chi connectivity index (χ1v) is 7.74. The number of unbranched alkanes of at least 4 members (excludes halogenated alkanes) is 2. The Morgan fingerprint density at radius 2 is 1.15 bits per heavy atom. The molecule has 0 radical (unpaired) electrons. The Morgan fingerprint density at radius 1 is 0.800 bits per heavy atom. The molecule has 0 saturated carbocycles. The number of hydrogen-bond acceptors (Lipinski definition) is 2. The Labute approximate surface area is 121 Å². The van der Waals surface area contributed by atoms with Crippen molar-refractivity contribution in [1.29, 1.82) is 0 Å². The molecule has 1 aliphatic rings. The van der Waals surface area contributed by atoms with E-state index in [9.17, 15) is 9.59 Å². The Bertz CT molecular complexity index is 272. The van der Waals surface area contributed by atoms with Gasteiger partial charge in [-0.3, -0.25) is 0 Å². The Balaban J connectivity index is 2.21. The predicted octanol–water partition coefficient (Wildman–Crippen LogP) is 1.62.